The average Bonchev–Trinajstić information content (AvgIpc) is 3.36. The van der Waals surface area contributed by atoms with E-state index in [1.165, 1.54) is 48.7 Å². The molecule has 1 aromatic heterocycles. The molecule has 4 aromatic carbocycles. The maximum absolute atomic E-state index is 13.9. The molecule has 0 saturated heterocycles. The number of carbonyl (C=O) groups is 1. The minimum absolute atomic E-state index is 0.144. The summed E-state index contributed by atoms with van der Waals surface area (Å²) in [5, 5.41) is 0.910. The SMILES string of the molecule is COc1ccc(N(C(=O)c2ccc(Cl)cc2Cl)c2nc3ccc(NS(=O)(=O)c4ccccc4)cc3s2)cc1OC. The Kier molecular flexibility index (Phi) is 7.86. The van der Waals surface area contributed by atoms with E-state index in [9.17, 15) is 13.2 Å². The van der Waals surface area contributed by atoms with Gasteiger partial charge in [0.15, 0.2) is 16.6 Å². The number of nitrogens with one attached hydrogen (secondary N) is 1. The Bertz CT molecular complexity index is 1830. The smallest absolute Gasteiger partial charge is 0.266 e. The molecule has 1 heterocycles. The third-order valence-corrected chi connectivity index (χ3v) is 8.81. The third kappa shape index (κ3) is 5.57. The van der Waals surface area contributed by atoms with Gasteiger partial charge in [-0.3, -0.25) is 14.4 Å². The van der Waals surface area contributed by atoms with E-state index in [1.807, 2.05) is 0 Å². The van der Waals surface area contributed by atoms with Gasteiger partial charge >= 0.3 is 0 Å². The summed E-state index contributed by atoms with van der Waals surface area (Å²) in [6.45, 7) is 0. The van der Waals surface area contributed by atoms with E-state index >= 15 is 0 Å². The van der Waals surface area contributed by atoms with Crippen molar-refractivity contribution >= 4 is 77.2 Å². The molecule has 12 heteroatoms. The largest absolute Gasteiger partial charge is 0.493 e. The van der Waals surface area contributed by atoms with Gasteiger partial charge in [-0.2, -0.15) is 0 Å². The minimum atomic E-state index is -3.79. The number of nitrogens with zero attached hydrogens (tertiary/aromatic N) is 2. The van der Waals surface area contributed by atoms with Gasteiger partial charge in [-0.15, -0.1) is 0 Å². The van der Waals surface area contributed by atoms with Gasteiger partial charge in [0.25, 0.3) is 15.9 Å². The van der Waals surface area contributed by atoms with Crippen molar-refractivity contribution in [3.8, 4) is 11.5 Å². The molecule has 0 bridgehead atoms. The quantitative estimate of drug-likeness (QED) is 0.196. The molecule has 204 valence electrons. The first-order valence-corrected chi connectivity index (χ1v) is 14.8. The van der Waals surface area contributed by atoms with Gasteiger partial charge in [-0.25, -0.2) is 13.4 Å². The maximum atomic E-state index is 13.9. The van der Waals surface area contributed by atoms with E-state index in [0.717, 1.165) is 0 Å². The maximum Gasteiger partial charge on any atom is 0.266 e. The number of aromatic nitrogens is 1. The van der Waals surface area contributed by atoms with Crippen molar-refractivity contribution in [2.24, 2.45) is 0 Å². The van der Waals surface area contributed by atoms with Crippen molar-refractivity contribution in [3.63, 3.8) is 0 Å². The molecule has 8 nitrogen and oxygen atoms in total. The molecule has 1 amide bonds. The summed E-state index contributed by atoms with van der Waals surface area (Å²) in [6, 6.07) is 22.7. The van der Waals surface area contributed by atoms with Crippen LogP contribution in [0.25, 0.3) is 10.2 Å². The molecule has 40 heavy (non-hydrogen) atoms. The lowest BCUT2D eigenvalue weighted by Crippen LogP contribution is -2.26. The zero-order valence-corrected chi connectivity index (χ0v) is 24.2. The van der Waals surface area contributed by atoms with Crippen LogP contribution >= 0.6 is 34.5 Å². The van der Waals surface area contributed by atoms with Crippen LogP contribution in [0.3, 0.4) is 0 Å². The van der Waals surface area contributed by atoms with Gasteiger partial charge in [-0.05, 0) is 60.7 Å². The molecule has 0 spiro atoms. The van der Waals surface area contributed by atoms with Crippen molar-refractivity contribution in [1.29, 1.82) is 0 Å². The number of carbonyl (C=O) groups excluding carboxylic acids is 1. The molecule has 0 fully saturated rings. The van der Waals surface area contributed by atoms with Gasteiger partial charge < -0.3 is 9.47 Å². The number of amides is 1. The van der Waals surface area contributed by atoms with Gasteiger partial charge in [0.05, 0.1) is 51.3 Å². The number of fused-ring (bicyclic) bond motifs is 1. The molecule has 0 aliphatic rings. The lowest BCUT2D eigenvalue weighted by atomic mass is 10.1. The average molecular weight is 615 g/mol. The van der Waals surface area contributed by atoms with E-state index in [4.69, 9.17) is 32.7 Å². The van der Waals surface area contributed by atoms with Crippen molar-refractivity contribution < 1.29 is 22.7 Å². The Hall–Kier alpha value is -3.83. The van der Waals surface area contributed by atoms with E-state index in [-0.39, 0.29) is 15.5 Å². The molecule has 5 rings (SSSR count). The van der Waals surface area contributed by atoms with Crippen molar-refractivity contribution in [3.05, 3.63) is 101 Å². The fourth-order valence-corrected chi connectivity index (χ4v) is 6.53. The number of methoxy groups -OCH3 is 2. The highest BCUT2D eigenvalue weighted by molar-refractivity contribution is 7.92. The van der Waals surface area contributed by atoms with Crippen LogP contribution in [0.4, 0.5) is 16.5 Å². The van der Waals surface area contributed by atoms with Crippen LogP contribution in [0, 0.1) is 0 Å². The highest BCUT2D eigenvalue weighted by atomic mass is 35.5. The van der Waals surface area contributed by atoms with Crippen molar-refractivity contribution in [2.75, 3.05) is 23.8 Å². The molecule has 0 atom stereocenters. The lowest BCUT2D eigenvalue weighted by molar-refractivity contribution is 0.0999. The van der Waals surface area contributed by atoms with Crippen LogP contribution in [0.1, 0.15) is 10.4 Å². The number of rotatable bonds is 8. The number of hydrogen-bond donors (Lipinski definition) is 1. The van der Waals surface area contributed by atoms with E-state index in [2.05, 4.69) is 9.71 Å². The molecule has 5 aromatic rings. The van der Waals surface area contributed by atoms with Gasteiger partial charge in [0.2, 0.25) is 0 Å². The molecule has 0 aliphatic carbocycles. The second-order valence-electron chi connectivity index (χ2n) is 8.40. The summed E-state index contributed by atoms with van der Waals surface area (Å²) in [6.07, 6.45) is 0. The Morgan fingerprint density at radius 2 is 1.65 bits per heavy atom. The number of ether oxygens (including phenoxy) is 2. The highest BCUT2D eigenvalue weighted by Crippen LogP contribution is 2.40. The number of halogens is 2. The van der Waals surface area contributed by atoms with E-state index < -0.39 is 15.9 Å². The number of anilines is 3. The van der Waals surface area contributed by atoms with Crippen molar-refractivity contribution in [2.45, 2.75) is 4.90 Å². The number of sulfonamides is 1. The first-order chi connectivity index (χ1) is 19.2. The van der Waals surface area contributed by atoms with Crippen LogP contribution in [-0.2, 0) is 10.0 Å². The van der Waals surface area contributed by atoms with Crippen LogP contribution in [-0.4, -0.2) is 33.5 Å². The number of benzene rings is 4. The summed E-state index contributed by atoms with van der Waals surface area (Å²) in [5.41, 5.74) is 1.61. The third-order valence-electron chi connectivity index (χ3n) is 5.86. The monoisotopic (exact) mass is 613 g/mol. The summed E-state index contributed by atoms with van der Waals surface area (Å²) >= 11 is 13.7. The molecular weight excluding hydrogens is 593 g/mol. The predicted molar refractivity (Wildman–Crippen MR) is 159 cm³/mol. The Morgan fingerprint density at radius 3 is 2.35 bits per heavy atom. The lowest BCUT2D eigenvalue weighted by Gasteiger charge is -2.22. The molecule has 0 unspecified atom stereocenters. The predicted octanol–water partition coefficient (Wildman–Crippen LogP) is 7.40. The van der Waals surface area contributed by atoms with Gasteiger partial charge in [-0.1, -0.05) is 52.7 Å². The van der Waals surface area contributed by atoms with E-state index in [1.54, 1.807) is 66.7 Å². The van der Waals surface area contributed by atoms with E-state index in [0.29, 0.717) is 43.2 Å². The number of thiazole rings is 1. The molecule has 0 aliphatic heterocycles. The van der Waals surface area contributed by atoms with Crippen LogP contribution in [0.15, 0.2) is 89.8 Å². The fraction of sp³-hybridized carbons (Fsp3) is 0.0714. The van der Waals surface area contributed by atoms with Gasteiger partial charge in [0.1, 0.15) is 0 Å². The molecule has 0 saturated carbocycles. The first kappa shape index (κ1) is 27.7. The topological polar surface area (TPSA) is 97.8 Å². The summed E-state index contributed by atoms with van der Waals surface area (Å²) in [5.74, 6) is 0.458. The Balaban J connectivity index is 1.59. The summed E-state index contributed by atoms with van der Waals surface area (Å²) in [7, 11) is -0.770. The first-order valence-electron chi connectivity index (χ1n) is 11.7. The zero-order chi connectivity index (χ0) is 28.4. The summed E-state index contributed by atoms with van der Waals surface area (Å²) in [4.78, 5) is 20.2. The normalized spacial score (nSPS) is 11.3. The zero-order valence-electron chi connectivity index (χ0n) is 21.1. The Labute approximate surface area is 244 Å². The van der Waals surface area contributed by atoms with Crippen LogP contribution in [0.5, 0.6) is 11.5 Å². The van der Waals surface area contributed by atoms with Crippen LogP contribution in [0.2, 0.25) is 10.0 Å². The fourth-order valence-electron chi connectivity index (χ4n) is 3.95. The Morgan fingerprint density at radius 1 is 0.900 bits per heavy atom. The summed E-state index contributed by atoms with van der Waals surface area (Å²) < 4.78 is 39.7. The molecule has 1 N–H and O–H groups in total. The van der Waals surface area contributed by atoms with Crippen LogP contribution < -0.4 is 19.1 Å². The standard InChI is InChI=1S/C28H21Cl2N3O5S2/c1-37-24-13-10-19(16-25(24)38-2)33(27(34)21-11-8-17(29)14-22(21)30)28-31-23-12-9-18(15-26(23)39-28)32-40(35,36)20-6-4-3-5-7-20/h3-16,32H,1-2H3. The van der Waals surface area contributed by atoms with Crippen molar-refractivity contribution in [1.82, 2.24) is 4.98 Å². The van der Waals surface area contributed by atoms with Gasteiger partial charge in [0, 0.05) is 11.1 Å². The minimum Gasteiger partial charge on any atom is -0.493 e. The molecular formula is C28H21Cl2N3O5S2. The number of hydrogen-bond acceptors (Lipinski definition) is 7. The second-order valence-corrected chi connectivity index (χ2v) is 11.9. The second kappa shape index (κ2) is 11.3. The molecule has 0 radical (unpaired) electrons. The highest BCUT2D eigenvalue weighted by Gasteiger charge is 2.26.